The summed E-state index contributed by atoms with van der Waals surface area (Å²) in [6.07, 6.45) is 1.39. The van der Waals surface area contributed by atoms with E-state index in [1.807, 2.05) is 6.92 Å². The molecule has 0 aromatic carbocycles. The van der Waals surface area contributed by atoms with Gasteiger partial charge in [-0.05, 0) is 13.8 Å². The van der Waals surface area contributed by atoms with Crippen LogP contribution in [0.4, 0.5) is 5.69 Å². The molecule has 0 aliphatic heterocycles. The Bertz CT molecular complexity index is 353. The fraction of sp³-hybridized carbons (Fsp3) is 0.400. The topological polar surface area (TPSA) is 74.4 Å². The van der Waals surface area contributed by atoms with Crippen LogP contribution in [0.2, 0.25) is 0 Å². The summed E-state index contributed by atoms with van der Waals surface area (Å²) in [5, 5.41) is 0. The number of pyridine rings is 1. The average Bonchev–Trinajstić information content (AvgIpc) is 2.21. The molecule has 1 rings (SSSR count). The van der Waals surface area contributed by atoms with Crippen LogP contribution in [0.5, 0.6) is 5.88 Å². The lowest BCUT2D eigenvalue weighted by atomic mass is 10.2. The van der Waals surface area contributed by atoms with Crippen LogP contribution in [-0.2, 0) is 4.74 Å². The van der Waals surface area contributed by atoms with Crippen molar-refractivity contribution in [3.05, 3.63) is 17.8 Å². The van der Waals surface area contributed by atoms with Crippen LogP contribution in [0, 0.1) is 0 Å². The van der Waals surface area contributed by atoms with Gasteiger partial charge in [-0.1, -0.05) is 0 Å². The molecule has 0 radical (unpaired) electrons. The van der Waals surface area contributed by atoms with Crippen molar-refractivity contribution in [1.29, 1.82) is 0 Å². The molecule has 0 spiro atoms. The predicted octanol–water partition coefficient (Wildman–Crippen LogP) is 1.24. The van der Waals surface area contributed by atoms with Gasteiger partial charge in [0.1, 0.15) is 0 Å². The SMILES string of the molecule is CCOC(=O)c1cc(OCC)ncc1N. The minimum Gasteiger partial charge on any atom is -0.478 e. The molecule has 0 bridgehead atoms. The zero-order valence-corrected chi connectivity index (χ0v) is 8.82. The van der Waals surface area contributed by atoms with E-state index in [2.05, 4.69) is 4.98 Å². The second-order valence-corrected chi connectivity index (χ2v) is 2.76. The number of hydrogen-bond acceptors (Lipinski definition) is 5. The molecular weight excluding hydrogens is 196 g/mol. The number of carbonyl (C=O) groups excluding carboxylic acids is 1. The number of rotatable bonds is 4. The highest BCUT2D eigenvalue weighted by Gasteiger charge is 2.12. The minimum absolute atomic E-state index is 0.287. The summed E-state index contributed by atoms with van der Waals surface area (Å²) >= 11 is 0. The predicted molar refractivity (Wildman–Crippen MR) is 55.8 cm³/mol. The summed E-state index contributed by atoms with van der Waals surface area (Å²) in [7, 11) is 0. The van der Waals surface area contributed by atoms with E-state index in [0.29, 0.717) is 19.1 Å². The Hall–Kier alpha value is -1.78. The highest BCUT2D eigenvalue weighted by Crippen LogP contribution is 2.17. The maximum Gasteiger partial charge on any atom is 0.340 e. The lowest BCUT2D eigenvalue weighted by Gasteiger charge is -2.07. The number of aromatic nitrogens is 1. The monoisotopic (exact) mass is 210 g/mol. The first-order chi connectivity index (χ1) is 7.19. The van der Waals surface area contributed by atoms with Gasteiger partial charge in [0, 0.05) is 6.07 Å². The second kappa shape index (κ2) is 5.19. The largest absolute Gasteiger partial charge is 0.478 e. The van der Waals surface area contributed by atoms with Gasteiger partial charge in [-0.25, -0.2) is 9.78 Å². The molecule has 15 heavy (non-hydrogen) atoms. The van der Waals surface area contributed by atoms with Crippen LogP contribution in [0.3, 0.4) is 0 Å². The van der Waals surface area contributed by atoms with Crippen molar-refractivity contribution in [2.75, 3.05) is 18.9 Å². The van der Waals surface area contributed by atoms with Crippen molar-refractivity contribution in [2.24, 2.45) is 0 Å². The van der Waals surface area contributed by atoms with Crippen LogP contribution in [-0.4, -0.2) is 24.2 Å². The fourth-order valence-corrected chi connectivity index (χ4v) is 1.06. The molecule has 5 heteroatoms. The molecule has 0 aliphatic rings. The van der Waals surface area contributed by atoms with E-state index in [-0.39, 0.29) is 11.3 Å². The molecule has 0 atom stereocenters. The molecular formula is C10H14N2O3. The van der Waals surface area contributed by atoms with Crippen molar-refractivity contribution in [3.8, 4) is 5.88 Å². The normalized spacial score (nSPS) is 9.73. The van der Waals surface area contributed by atoms with E-state index < -0.39 is 5.97 Å². The molecule has 2 N–H and O–H groups in total. The van der Waals surface area contributed by atoms with E-state index in [9.17, 15) is 4.79 Å². The van der Waals surface area contributed by atoms with Crippen LogP contribution in [0.15, 0.2) is 12.3 Å². The van der Waals surface area contributed by atoms with E-state index in [0.717, 1.165) is 0 Å². The summed E-state index contributed by atoms with van der Waals surface area (Å²) in [5.41, 5.74) is 6.17. The zero-order chi connectivity index (χ0) is 11.3. The lowest BCUT2D eigenvalue weighted by Crippen LogP contribution is -2.09. The van der Waals surface area contributed by atoms with Gasteiger partial charge >= 0.3 is 5.97 Å². The third kappa shape index (κ3) is 2.83. The summed E-state index contributed by atoms with van der Waals surface area (Å²) in [4.78, 5) is 15.4. The summed E-state index contributed by atoms with van der Waals surface area (Å²) in [6, 6.07) is 1.48. The number of carbonyl (C=O) groups is 1. The summed E-state index contributed by atoms with van der Waals surface area (Å²) in [5.74, 6) is -0.0897. The lowest BCUT2D eigenvalue weighted by molar-refractivity contribution is 0.0527. The van der Waals surface area contributed by atoms with Crippen molar-refractivity contribution in [2.45, 2.75) is 13.8 Å². The number of nitrogens with two attached hydrogens (primary N) is 1. The third-order valence-electron chi connectivity index (χ3n) is 1.70. The number of esters is 1. The highest BCUT2D eigenvalue weighted by atomic mass is 16.5. The van der Waals surface area contributed by atoms with Gasteiger partial charge in [-0.3, -0.25) is 0 Å². The maximum atomic E-state index is 11.4. The molecule has 1 aromatic rings. The minimum atomic E-state index is -0.460. The molecule has 82 valence electrons. The number of nitrogen functional groups attached to an aromatic ring is 1. The molecule has 1 aromatic heterocycles. The smallest absolute Gasteiger partial charge is 0.340 e. The Kier molecular flexibility index (Phi) is 3.91. The summed E-state index contributed by atoms with van der Waals surface area (Å²) < 4.78 is 9.99. The molecule has 0 saturated carbocycles. The molecule has 0 unspecified atom stereocenters. The second-order valence-electron chi connectivity index (χ2n) is 2.76. The third-order valence-corrected chi connectivity index (χ3v) is 1.70. The van der Waals surface area contributed by atoms with E-state index in [1.165, 1.54) is 12.3 Å². The van der Waals surface area contributed by atoms with Crippen molar-refractivity contribution in [1.82, 2.24) is 4.98 Å². The van der Waals surface area contributed by atoms with Gasteiger partial charge in [0.15, 0.2) is 0 Å². The molecule has 0 amide bonds. The Labute approximate surface area is 88.2 Å². The van der Waals surface area contributed by atoms with Gasteiger partial charge in [-0.15, -0.1) is 0 Å². The number of anilines is 1. The van der Waals surface area contributed by atoms with Gasteiger partial charge in [-0.2, -0.15) is 0 Å². The molecule has 0 aliphatic carbocycles. The summed E-state index contributed by atoms with van der Waals surface area (Å²) in [6.45, 7) is 4.37. The highest BCUT2D eigenvalue weighted by molar-refractivity contribution is 5.95. The van der Waals surface area contributed by atoms with E-state index in [1.54, 1.807) is 6.92 Å². The average molecular weight is 210 g/mol. The number of hydrogen-bond donors (Lipinski definition) is 1. The first-order valence-electron chi connectivity index (χ1n) is 4.74. The maximum absolute atomic E-state index is 11.4. The van der Waals surface area contributed by atoms with Crippen molar-refractivity contribution < 1.29 is 14.3 Å². The molecule has 1 heterocycles. The van der Waals surface area contributed by atoms with Crippen LogP contribution >= 0.6 is 0 Å². The van der Waals surface area contributed by atoms with Crippen LogP contribution in [0.1, 0.15) is 24.2 Å². The Morgan fingerprint density at radius 3 is 2.80 bits per heavy atom. The van der Waals surface area contributed by atoms with E-state index >= 15 is 0 Å². The molecule has 0 saturated heterocycles. The van der Waals surface area contributed by atoms with Crippen LogP contribution < -0.4 is 10.5 Å². The molecule has 5 nitrogen and oxygen atoms in total. The standard InChI is InChI=1S/C10H14N2O3/c1-3-14-9-5-7(8(11)6-12-9)10(13)15-4-2/h5-6H,3-4,11H2,1-2H3. The Balaban J connectivity index is 2.94. The Morgan fingerprint density at radius 2 is 2.20 bits per heavy atom. The molecule has 0 fully saturated rings. The number of nitrogens with zero attached hydrogens (tertiary/aromatic N) is 1. The zero-order valence-electron chi connectivity index (χ0n) is 8.82. The fourth-order valence-electron chi connectivity index (χ4n) is 1.06. The van der Waals surface area contributed by atoms with Crippen molar-refractivity contribution in [3.63, 3.8) is 0 Å². The number of ether oxygens (including phenoxy) is 2. The van der Waals surface area contributed by atoms with Gasteiger partial charge in [0.05, 0.1) is 30.7 Å². The first kappa shape index (κ1) is 11.3. The van der Waals surface area contributed by atoms with Gasteiger partial charge in [0.2, 0.25) is 5.88 Å². The van der Waals surface area contributed by atoms with Crippen LogP contribution in [0.25, 0.3) is 0 Å². The first-order valence-corrected chi connectivity index (χ1v) is 4.74. The van der Waals surface area contributed by atoms with Crippen molar-refractivity contribution >= 4 is 11.7 Å². The van der Waals surface area contributed by atoms with Gasteiger partial charge < -0.3 is 15.2 Å². The Morgan fingerprint density at radius 1 is 1.47 bits per heavy atom. The quantitative estimate of drug-likeness (QED) is 0.757. The van der Waals surface area contributed by atoms with E-state index in [4.69, 9.17) is 15.2 Å². The van der Waals surface area contributed by atoms with Gasteiger partial charge in [0.25, 0.3) is 0 Å².